The zero-order chi connectivity index (χ0) is 23.2. The van der Waals surface area contributed by atoms with Gasteiger partial charge in [0.1, 0.15) is 5.70 Å². The van der Waals surface area contributed by atoms with Gasteiger partial charge in [0.2, 0.25) is 5.95 Å². The van der Waals surface area contributed by atoms with Crippen molar-refractivity contribution in [2.24, 2.45) is 0 Å². The van der Waals surface area contributed by atoms with E-state index in [1.165, 1.54) is 17.4 Å². The monoisotopic (exact) mass is 478 g/mol. The van der Waals surface area contributed by atoms with Crippen molar-refractivity contribution in [3.05, 3.63) is 34.5 Å². The van der Waals surface area contributed by atoms with E-state index in [1.54, 1.807) is 16.8 Å². The Hall–Kier alpha value is -3.80. The van der Waals surface area contributed by atoms with Crippen molar-refractivity contribution in [3.8, 4) is 10.7 Å². The second-order valence-corrected chi connectivity index (χ2v) is 9.79. The average Bonchev–Trinajstić information content (AvgIpc) is 3.24. The number of aromatic nitrogens is 4. The van der Waals surface area contributed by atoms with Crippen LogP contribution in [0, 0.1) is 0 Å². The highest BCUT2D eigenvalue weighted by molar-refractivity contribution is 7.17. The molecule has 1 saturated heterocycles. The lowest BCUT2D eigenvalue weighted by atomic mass is 10.2. The maximum absolute atomic E-state index is 12.7. The predicted octanol–water partition coefficient (Wildman–Crippen LogP) is 2.28. The lowest BCUT2D eigenvalue weighted by Crippen LogP contribution is -2.31. The number of amides is 4. The smallest absolute Gasteiger partial charge is 0.326 e. The summed E-state index contributed by atoms with van der Waals surface area (Å²) in [6.45, 7) is 0. The topological polar surface area (TPSA) is 142 Å². The molecule has 6 rings (SSSR count). The molecule has 2 saturated carbocycles. The lowest BCUT2D eigenvalue weighted by Gasteiger charge is -2.10. The molecular formula is C22H22N8O3S. The Morgan fingerprint density at radius 2 is 1.91 bits per heavy atom. The standard InChI is InChI=1S/C22H22N8O3S/c31-19-14(26-22(33)29-19)9-11-10-23-30-18(11)27-17(28-21(30)25-13-5-6-13)15-7-8-16(34-15)20(32)24-12-3-1-2-4-12/h7-10,12-13H,1-6H2,(H,24,32)(H,25,27,28)(H2,26,29,31,33)/b14-9-. The fraction of sp³-hybridized carbons (Fsp3) is 0.364. The molecule has 12 heteroatoms. The summed E-state index contributed by atoms with van der Waals surface area (Å²) >= 11 is 1.34. The predicted molar refractivity (Wildman–Crippen MR) is 125 cm³/mol. The molecule has 0 spiro atoms. The van der Waals surface area contributed by atoms with Crippen LogP contribution in [0.15, 0.2) is 24.0 Å². The molecule has 0 bridgehead atoms. The van der Waals surface area contributed by atoms with Gasteiger partial charge in [-0.05, 0) is 43.9 Å². The molecule has 34 heavy (non-hydrogen) atoms. The maximum Gasteiger partial charge on any atom is 0.326 e. The number of thiophene rings is 1. The molecule has 0 aromatic carbocycles. The van der Waals surface area contributed by atoms with Crippen LogP contribution >= 0.6 is 11.3 Å². The molecule has 0 unspecified atom stereocenters. The summed E-state index contributed by atoms with van der Waals surface area (Å²) in [6, 6.07) is 3.65. The van der Waals surface area contributed by atoms with Crippen molar-refractivity contribution >= 4 is 46.9 Å². The minimum Gasteiger partial charge on any atom is -0.351 e. The van der Waals surface area contributed by atoms with E-state index in [2.05, 4.69) is 31.3 Å². The van der Waals surface area contributed by atoms with E-state index in [1.807, 2.05) is 6.07 Å². The highest BCUT2D eigenvalue weighted by atomic mass is 32.1. The number of hydrogen-bond donors (Lipinski definition) is 4. The van der Waals surface area contributed by atoms with Crippen molar-refractivity contribution in [2.45, 2.75) is 50.6 Å². The van der Waals surface area contributed by atoms with Gasteiger partial charge in [0.05, 0.1) is 16.0 Å². The van der Waals surface area contributed by atoms with Crippen LogP contribution in [0.5, 0.6) is 0 Å². The number of anilines is 1. The van der Waals surface area contributed by atoms with Gasteiger partial charge in [0, 0.05) is 17.6 Å². The zero-order valence-corrected chi connectivity index (χ0v) is 18.9. The highest BCUT2D eigenvalue weighted by Crippen LogP contribution is 2.30. The molecule has 4 heterocycles. The van der Waals surface area contributed by atoms with Gasteiger partial charge in [-0.1, -0.05) is 12.8 Å². The van der Waals surface area contributed by atoms with Gasteiger partial charge in [-0.15, -0.1) is 11.3 Å². The summed E-state index contributed by atoms with van der Waals surface area (Å²) in [6.07, 6.45) is 9.57. The third-order valence-electron chi connectivity index (χ3n) is 6.07. The number of nitrogens with one attached hydrogen (secondary N) is 4. The van der Waals surface area contributed by atoms with Crippen LogP contribution in [0.3, 0.4) is 0 Å². The fourth-order valence-electron chi connectivity index (χ4n) is 4.15. The Balaban J connectivity index is 1.36. The Labute approximate surface area is 198 Å². The van der Waals surface area contributed by atoms with Gasteiger partial charge in [0.15, 0.2) is 11.5 Å². The lowest BCUT2D eigenvalue weighted by molar-refractivity contribution is -0.115. The average molecular weight is 479 g/mol. The van der Waals surface area contributed by atoms with Crippen LogP contribution in [0.2, 0.25) is 0 Å². The number of rotatable bonds is 6. The first kappa shape index (κ1) is 20.8. The fourth-order valence-corrected chi connectivity index (χ4v) is 5.00. The second kappa shape index (κ2) is 8.20. The molecule has 2 aliphatic carbocycles. The molecule has 4 N–H and O–H groups in total. The third-order valence-corrected chi connectivity index (χ3v) is 7.15. The SMILES string of the molecule is O=C1NC(=O)/C(=C/c2cnn3c(NC4CC4)nc(-c4ccc(C(=O)NC5CCCC5)s4)nc23)N1. The van der Waals surface area contributed by atoms with Crippen molar-refractivity contribution in [3.63, 3.8) is 0 Å². The molecule has 0 radical (unpaired) electrons. The molecule has 11 nitrogen and oxygen atoms in total. The number of urea groups is 1. The number of carbonyl (C=O) groups is 3. The Kier molecular flexibility index (Phi) is 5.01. The molecule has 3 aliphatic rings. The summed E-state index contributed by atoms with van der Waals surface area (Å²) in [4.78, 5) is 46.9. The Morgan fingerprint density at radius 3 is 2.65 bits per heavy atom. The molecule has 0 atom stereocenters. The third kappa shape index (κ3) is 4.00. The first-order chi connectivity index (χ1) is 16.5. The molecular weight excluding hydrogens is 456 g/mol. The number of hydrogen-bond acceptors (Lipinski definition) is 8. The summed E-state index contributed by atoms with van der Waals surface area (Å²) in [5, 5.41) is 15.5. The minimum absolute atomic E-state index is 0.0710. The maximum atomic E-state index is 12.7. The van der Waals surface area contributed by atoms with Gasteiger partial charge in [-0.2, -0.15) is 14.6 Å². The van der Waals surface area contributed by atoms with Crippen molar-refractivity contribution < 1.29 is 14.4 Å². The van der Waals surface area contributed by atoms with E-state index in [-0.39, 0.29) is 17.6 Å². The van der Waals surface area contributed by atoms with E-state index < -0.39 is 11.9 Å². The molecule has 4 amide bonds. The van der Waals surface area contributed by atoms with Gasteiger partial charge < -0.3 is 16.0 Å². The second-order valence-electron chi connectivity index (χ2n) is 8.71. The van der Waals surface area contributed by atoms with E-state index in [0.29, 0.717) is 33.9 Å². The normalized spacial score (nSPS) is 19.6. The van der Waals surface area contributed by atoms with Crippen LogP contribution in [0.25, 0.3) is 22.4 Å². The van der Waals surface area contributed by atoms with Gasteiger partial charge in [-0.3, -0.25) is 14.9 Å². The molecule has 3 fully saturated rings. The van der Waals surface area contributed by atoms with E-state index in [4.69, 9.17) is 4.98 Å². The Bertz CT molecular complexity index is 1350. The minimum atomic E-state index is -0.568. The number of nitrogens with zero attached hydrogens (tertiary/aromatic N) is 4. The first-order valence-corrected chi connectivity index (χ1v) is 12.1. The van der Waals surface area contributed by atoms with E-state index >= 15 is 0 Å². The number of imide groups is 1. The summed E-state index contributed by atoms with van der Waals surface area (Å²) in [5.74, 6) is 0.419. The molecule has 3 aromatic rings. The van der Waals surface area contributed by atoms with Crippen molar-refractivity contribution in [1.82, 2.24) is 35.5 Å². The van der Waals surface area contributed by atoms with Crippen molar-refractivity contribution in [1.29, 1.82) is 0 Å². The highest BCUT2D eigenvalue weighted by Gasteiger charge is 2.26. The number of carbonyl (C=O) groups excluding carboxylic acids is 3. The largest absolute Gasteiger partial charge is 0.351 e. The van der Waals surface area contributed by atoms with E-state index in [0.717, 1.165) is 43.4 Å². The van der Waals surface area contributed by atoms with Gasteiger partial charge >= 0.3 is 6.03 Å². The summed E-state index contributed by atoms with van der Waals surface area (Å²) in [5.41, 5.74) is 1.17. The summed E-state index contributed by atoms with van der Waals surface area (Å²) < 4.78 is 1.59. The summed E-state index contributed by atoms with van der Waals surface area (Å²) in [7, 11) is 0. The van der Waals surface area contributed by atoms with Crippen LogP contribution < -0.4 is 21.3 Å². The van der Waals surface area contributed by atoms with Crippen molar-refractivity contribution in [2.75, 3.05) is 5.32 Å². The quantitative estimate of drug-likeness (QED) is 0.314. The van der Waals surface area contributed by atoms with Gasteiger partial charge in [-0.25, -0.2) is 9.78 Å². The molecule has 174 valence electrons. The Morgan fingerprint density at radius 1 is 1.09 bits per heavy atom. The number of fused-ring (bicyclic) bond motifs is 1. The van der Waals surface area contributed by atoms with Gasteiger partial charge in [0.25, 0.3) is 11.8 Å². The van der Waals surface area contributed by atoms with Crippen LogP contribution in [-0.2, 0) is 4.79 Å². The first-order valence-electron chi connectivity index (χ1n) is 11.3. The van der Waals surface area contributed by atoms with Crippen LogP contribution in [0.4, 0.5) is 10.7 Å². The zero-order valence-electron chi connectivity index (χ0n) is 18.1. The van der Waals surface area contributed by atoms with Crippen LogP contribution in [0.1, 0.15) is 53.8 Å². The molecule has 1 aliphatic heterocycles. The van der Waals surface area contributed by atoms with Crippen LogP contribution in [-0.4, -0.2) is 49.5 Å². The molecule has 3 aromatic heterocycles. The van der Waals surface area contributed by atoms with E-state index in [9.17, 15) is 14.4 Å².